The molecule has 0 spiro atoms. The molecule has 0 aromatic heterocycles. The third-order valence-electron chi connectivity index (χ3n) is 3.40. The SMILES string of the molecule is CCC[C@@H]1O[P@@](=O)(Nc2ccccc2)OC[C@@H]1CC. The van der Waals surface area contributed by atoms with E-state index < -0.39 is 7.75 Å². The third kappa shape index (κ3) is 3.82. The minimum Gasteiger partial charge on any atom is -0.293 e. The van der Waals surface area contributed by atoms with Crippen LogP contribution in [0.1, 0.15) is 33.1 Å². The maximum Gasteiger partial charge on any atom is 0.433 e. The lowest BCUT2D eigenvalue weighted by Crippen LogP contribution is -2.32. The standard InChI is InChI=1S/C14H22NO3P/c1-3-8-14-12(4-2)11-17-19(16,18-14)15-13-9-6-5-7-10-13/h5-7,9-10,12,14H,3-4,8,11H2,1-2H3,(H,15,16)/t12-,14-,19+/m0/s1. The van der Waals surface area contributed by atoms with Gasteiger partial charge in [0.15, 0.2) is 0 Å². The summed E-state index contributed by atoms with van der Waals surface area (Å²) in [6, 6.07) is 9.39. The fourth-order valence-corrected chi connectivity index (χ4v) is 3.94. The van der Waals surface area contributed by atoms with Gasteiger partial charge in [-0.3, -0.25) is 14.1 Å². The summed E-state index contributed by atoms with van der Waals surface area (Å²) in [6.07, 6.45) is 2.94. The molecule has 5 heteroatoms. The van der Waals surface area contributed by atoms with Gasteiger partial charge in [-0.05, 0) is 25.0 Å². The maximum absolute atomic E-state index is 12.6. The zero-order valence-corrected chi connectivity index (χ0v) is 12.4. The van der Waals surface area contributed by atoms with Crippen molar-refractivity contribution in [2.45, 2.75) is 39.2 Å². The first kappa shape index (κ1) is 14.6. The Bertz CT molecular complexity index is 438. The van der Waals surface area contributed by atoms with Crippen LogP contribution >= 0.6 is 7.75 Å². The third-order valence-corrected chi connectivity index (χ3v) is 4.97. The van der Waals surface area contributed by atoms with E-state index in [-0.39, 0.29) is 6.10 Å². The fourth-order valence-electron chi connectivity index (χ4n) is 2.28. The number of benzene rings is 1. The maximum atomic E-state index is 12.6. The number of nitrogens with one attached hydrogen (secondary N) is 1. The van der Waals surface area contributed by atoms with E-state index in [1.54, 1.807) is 0 Å². The molecule has 106 valence electrons. The summed E-state index contributed by atoms with van der Waals surface area (Å²) >= 11 is 0. The molecular formula is C14H22NO3P. The number of rotatable bonds is 5. The Hall–Kier alpha value is -0.830. The lowest BCUT2D eigenvalue weighted by molar-refractivity contribution is 0.0220. The van der Waals surface area contributed by atoms with Crippen LogP contribution in [0, 0.1) is 5.92 Å². The van der Waals surface area contributed by atoms with Gasteiger partial charge in [0.2, 0.25) is 0 Å². The summed E-state index contributed by atoms with van der Waals surface area (Å²) in [4.78, 5) is 0. The average molecular weight is 283 g/mol. The number of hydrogen-bond acceptors (Lipinski definition) is 3. The molecule has 0 bridgehead atoms. The highest BCUT2D eigenvalue weighted by Gasteiger charge is 2.38. The van der Waals surface area contributed by atoms with Crippen molar-refractivity contribution >= 4 is 13.4 Å². The van der Waals surface area contributed by atoms with E-state index in [0.717, 1.165) is 24.9 Å². The molecule has 1 N–H and O–H groups in total. The summed E-state index contributed by atoms with van der Waals surface area (Å²) in [6.45, 7) is 4.72. The minimum absolute atomic E-state index is 0.0193. The van der Waals surface area contributed by atoms with Gasteiger partial charge >= 0.3 is 7.75 Å². The van der Waals surface area contributed by atoms with E-state index >= 15 is 0 Å². The molecule has 2 rings (SSSR count). The van der Waals surface area contributed by atoms with Crippen molar-refractivity contribution in [2.24, 2.45) is 5.92 Å². The number of anilines is 1. The second-order valence-electron chi connectivity index (χ2n) is 4.87. The molecule has 4 nitrogen and oxygen atoms in total. The average Bonchev–Trinajstić information content (AvgIpc) is 2.40. The van der Waals surface area contributed by atoms with Crippen molar-refractivity contribution in [2.75, 3.05) is 11.7 Å². The van der Waals surface area contributed by atoms with Crippen molar-refractivity contribution in [1.82, 2.24) is 0 Å². The second kappa shape index (κ2) is 6.56. The molecular weight excluding hydrogens is 261 g/mol. The van der Waals surface area contributed by atoms with Crippen LogP contribution in [0.3, 0.4) is 0 Å². The topological polar surface area (TPSA) is 47.6 Å². The zero-order chi connectivity index (χ0) is 13.7. The highest BCUT2D eigenvalue weighted by atomic mass is 31.2. The molecule has 1 aliphatic heterocycles. The first-order chi connectivity index (χ1) is 9.17. The molecule has 1 heterocycles. The molecule has 1 fully saturated rings. The van der Waals surface area contributed by atoms with Gasteiger partial charge in [-0.25, -0.2) is 4.57 Å². The Morgan fingerprint density at radius 3 is 2.68 bits per heavy atom. The predicted octanol–water partition coefficient (Wildman–Crippen LogP) is 4.45. The van der Waals surface area contributed by atoms with Crippen molar-refractivity contribution in [1.29, 1.82) is 0 Å². The number of hydrogen-bond donors (Lipinski definition) is 1. The molecule has 3 atom stereocenters. The minimum atomic E-state index is -3.22. The van der Waals surface area contributed by atoms with Crippen LogP contribution in [0.5, 0.6) is 0 Å². The summed E-state index contributed by atoms with van der Waals surface area (Å²) < 4.78 is 23.8. The van der Waals surface area contributed by atoms with Crippen LogP contribution in [0.15, 0.2) is 30.3 Å². The highest BCUT2D eigenvalue weighted by Crippen LogP contribution is 2.54. The Morgan fingerprint density at radius 2 is 2.05 bits per heavy atom. The van der Waals surface area contributed by atoms with Gasteiger partial charge in [-0.1, -0.05) is 38.5 Å². The molecule has 0 unspecified atom stereocenters. The van der Waals surface area contributed by atoms with Crippen LogP contribution in [0.25, 0.3) is 0 Å². The Balaban J connectivity index is 2.06. The van der Waals surface area contributed by atoms with Gasteiger partial charge in [0.25, 0.3) is 0 Å². The largest absolute Gasteiger partial charge is 0.433 e. The summed E-state index contributed by atoms with van der Waals surface area (Å²) in [7, 11) is -3.22. The predicted molar refractivity (Wildman–Crippen MR) is 77.2 cm³/mol. The van der Waals surface area contributed by atoms with Gasteiger partial charge in [-0.15, -0.1) is 0 Å². The molecule has 1 aliphatic rings. The zero-order valence-electron chi connectivity index (χ0n) is 11.5. The van der Waals surface area contributed by atoms with E-state index in [1.807, 2.05) is 30.3 Å². The highest BCUT2D eigenvalue weighted by molar-refractivity contribution is 7.55. The van der Waals surface area contributed by atoms with Crippen molar-refractivity contribution in [3.63, 3.8) is 0 Å². The van der Waals surface area contributed by atoms with E-state index in [9.17, 15) is 4.57 Å². The van der Waals surface area contributed by atoms with Crippen LogP contribution in [0.2, 0.25) is 0 Å². The van der Waals surface area contributed by atoms with Crippen molar-refractivity contribution in [3.8, 4) is 0 Å². The van der Waals surface area contributed by atoms with Gasteiger partial charge in [0.1, 0.15) is 0 Å². The molecule has 19 heavy (non-hydrogen) atoms. The summed E-state index contributed by atoms with van der Waals surface area (Å²) in [5.41, 5.74) is 0.760. The first-order valence-corrected chi connectivity index (χ1v) is 8.47. The van der Waals surface area contributed by atoms with Gasteiger partial charge in [0, 0.05) is 11.6 Å². The van der Waals surface area contributed by atoms with Crippen molar-refractivity contribution in [3.05, 3.63) is 30.3 Å². The molecule has 0 aliphatic carbocycles. The molecule has 1 aromatic rings. The lowest BCUT2D eigenvalue weighted by Gasteiger charge is -2.35. The van der Waals surface area contributed by atoms with Crippen LogP contribution in [0.4, 0.5) is 5.69 Å². The molecule has 1 saturated heterocycles. The smallest absolute Gasteiger partial charge is 0.293 e. The van der Waals surface area contributed by atoms with E-state index in [1.165, 1.54) is 0 Å². The number of para-hydroxylation sites is 1. The quantitative estimate of drug-likeness (QED) is 0.811. The Morgan fingerprint density at radius 1 is 1.32 bits per heavy atom. The van der Waals surface area contributed by atoms with E-state index in [0.29, 0.717) is 12.5 Å². The summed E-state index contributed by atoms with van der Waals surface area (Å²) in [5, 5.41) is 2.90. The van der Waals surface area contributed by atoms with Crippen LogP contribution in [-0.4, -0.2) is 12.7 Å². The molecule has 1 aromatic carbocycles. The monoisotopic (exact) mass is 283 g/mol. The first-order valence-electron chi connectivity index (χ1n) is 6.93. The normalized spacial score (nSPS) is 31.1. The van der Waals surface area contributed by atoms with Crippen LogP contribution in [-0.2, 0) is 13.6 Å². The molecule has 0 saturated carbocycles. The van der Waals surface area contributed by atoms with Gasteiger partial charge in [0.05, 0.1) is 12.7 Å². The van der Waals surface area contributed by atoms with Crippen LogP contribution < -0.4 is 5.09 Å². The van der Waals surface area contributed by atoms with E-state index in [4.69, 9.17) is 9.05 Å². The summed E-state index contributed by atoms with van der Waals surface area (Å²) in [5.74, 6) is 0.333. The Kier molecular flexibility index (Phi) is 5.03. The van der Waals surface area contributed by atoms with E-state index in [2.05, 4.69) is 18.9 Å². The second-order valence-corrected chi connectivity index (χ2v) is 6.56. The Labute approximate surface area is 115 Å². The van der Waals surface area contributed by atoms with Crippen molar-refractivity contribution < 1.29 is 13.6 Å². The van der Waals surface area contributed by atoms with Gasteiger partial charge in [-0.2, -0.15) is 0 Å². The lowest BCUT2D eigenvalue weighted by atomic mass is 9.97. The molecule has 0 amide bonds. The fraction of sp³-hybridized carbons (Fsp3) is 0.571. The molecule has 0 radical (unpaired) electrons. The van der Waals surface area contributed by atoms with Gasteiger partial charge < -0.3 is 0 Å².